The van der Waals surface area contributed by atoms with Crippen LogP contribution in [0.5, 0.6) is 0 Å². The van der Waals surface area contributed by atoms with Crippen molar-refractivity contribution in [3.8, 4) is 0 Å². The van der Waals surface area contributed by atoms with Crippen molar-refractivity contribution >= 4 is 16.8 Å². The Morgan fingerprint density at radius 3 is 3.04 bits per heavy atom. The van der Waals surface area contributed by atoms with E-state index in [-0.39, 0.29) is 17.9 Å². The molecule has 2 aromatic heterocycles. The molecule has 130 valence electrons. The molecule has 1 N–H and O–H groups in total. The van der Waals surface area contributed by atoms with E-state index in [0.29, 0.717) is 18.1 Å². The highest BCUT2D eigenvalue weighted by Crippen LogP contribution is 2.32. The van der Waals surface area contributed by atoms with E-state index < -0.39 is 0 Å². The lowest BCUT2D eigenvalue weighted by Crippen LogP contribution is -2.32. The minimum absolute atomic E-state index is 0.0567. The molecule has 0 aliphatic carbocycles. The van der Waals surface area contributed by atoms with E-state index in [0.717, 1.165) is 36.0 Å². The van der Waals surface area contributed by atoms with Crippen molar-refractivity contribution in [2.75, 3.05) is 6.54 Å². The first kappa shape index (κ1) is 15.8. The lowest BCUT2D eigenvalue weighted by molar-refractivity contribution is -0.131. The van der Waals surface area contributed by atoms with Crippen LogP contribution in [0.25, 0.3) is 10.9 Å². The number of likely N-dealkylation sites (tertiary alicyclic amines) is 1. The summed E-state index contributed by atoms with van der Waals surface area (Å²) >= 11 is 0. The standard InChI is InChI=1S/C18H21N5O2/c1-11(2)17-19-18(25-22-17)15-8-5-9-23(15)16(24)10-14-12-6-3-4-7-13(12)20-21-14/h3-4,6-7,11,15H,5,8-10H2,1-2H3,(H,20,21)/t15-/m0/s1. The molecule has 1 aliphatic rings. The van der Waals surface area contributed by atoms with Gasteiger partial charge in [0.2, 0.25) is 11.8 Å². The van der Waals surface area contributed by atoms with Crippen molar-refractivity contribution in [2.45, 2.75) is 45.1 Å². The van der Waals surface area contributed by atoms with Gasteiger partial charge in [-0.25, -0.2) is 0 Å². The number of fused-ring (bicyclic) bond motifs is 1. The maximum Gasteiger partial charge on any atom is 0.249 e. The van der Waals surface area contributed by atoms with Crippen LogP contribution in [0.4, 0.5) is 0 Å². The maximum atomic E-state index is 12.9. The van der Waals surface area contributed by atoms with Gasteiger partial charge in [-0.1, -0.05) is 37.2 Å². The van der Waals surface area contributed by atoms with Gasteiger partial charge in [-0.3, -0.25) is 9.89 Å². The zero-order valence-electron chi connectivity index (χ0n) is 14.4. The predicted octanol–water partition coefficient (Wildman–Crippen LogP) is 2.98. The number of hydrogen-bond acceptors (Lipinski definition) is 5. The van der Waals surface area contributed by atoms with Crippen LogP contribution in [-0.4, -0.2) is 37.7 Å². The van der Waals surface area contributed by atoms with E-state index in [1.54, 1.807) is 0 Å². The number of para-hydroxylation sites is 1. The molecular formula is C18H21N5O2. The van der Waals surface area contributed by atoms with Gasteiger partial charge in [0, 0.05) is 17.8 Å². The summed E-state index contributed by atoms with van der Waals surface area (Å²) in [5, 5.41) is 12.3. The Labute approximate surface area is 145 Å². The average molecular weight is 339 g/mol. The Balaban J connectivity index is 1.54. The number of carbonyl (C=O) groups excluding carboxylic acids is 1. The fourth-order valence-corrected chi connectivity index (χ4v) is 3.34. The quantitative estimate of drug-likeness (QED) is 0.789. The molecule has 1 fully saturated rings. The number of rotatable bonds is 4. The molecule has 1 amide bonds. The SMILES string of the molecule is CC(C)c1noc([C@@H]2CCCN2C(=O)Cc2[nH]nc3ccccc23)n1. The fourth-order valence-electron chi connectivity index (χ4n) is 3.34. The van der Waals surface area contributed by atoms with Gasteiger partial charge in [0.1, 0.15) is 6.04 Å². The third-order valence-corrected chi connectivity index (χ3v) is 4.70. The zero-order valence-corrected chi connectivity index (χ0v) is 14.4. The normalized spacial score (nSPS) is 17.7. The van der Waals surface area contributed by atoms with E-state index in [1.807, 2.05) is 43.0 Å². The van der Waals surface area contributed by atoms with Gasteiger partial charge in [-0.2, -0.15) is 10.1 Å². The number of nitrogens with one attached hydrogen (secondary N) is 1. The second kappa shape index (κ2) is 6.31. The number of amides is 1. The van der Waals surface area contributed by atoms with Crippen molar-refractivity contribution in [1.82, 2.24) is 25.2 Å². The summed E-state index contributed by atoms with van der Waals surface area (Å²) < 4.78 is 5.42. The Hall–Kier alpha value is -2.70. The zero-order chi connectivity index (χ0) is 17.4. The molecule has 0 saturated carbocycles. The molecule has 0 unspecified atom stereocenters. The van der Waals surface area contributed by atoms with Crippen LogP contribution in [0.1, 0.15) is 56.1 Å². The van der Waals surface area contributed by atoms with Crippen molar-refractivity contribution in [1.29, 1.82) is 0 Å². The topological polar surface area (TPSA) is 87.9 Å². The summed E-state index contributed by atoms with van der Waals surface area (Å²) in [6, 6.07) is 7.69. The minimum atomic E-state index is -0.123. The van der Waals surface area contributed by atoms with Gasteiger partial charge >= 0.3 is 0 Å². The molecule has 25 heavy (non-hydrogen) atoms. The van der Waals surface area contributed by atoms with Gasteiger partial charge in [0.25, 0.3) is 0 Å². The van der Waals surface area contributed by atoms with Crippen LogP contribution in [-0.2, 0) is 11.2 Å². The smallest absolute Gasteiger partial charge is 0.249 e. The number of carbonyl (C=O) groups is 1. The van der Waals surface area contributed by atoms with E-state index in [9.17, 15) is 4.79 Å². The summed E-state index contributed by atoms with van der Waals surface area (Å²) in [7, 11) is 0. The van der Waals surface area contributed by atoms with E-state index in [1.165, 1.54) is 0 Å². The second-order valence-electron chi connectivity index (χ2n) is 6.79. The van der Waals surface area contributed by atoms with Crippen LogP contribution in [0, 0.1) is 0 Å². The molecule has 0 radical (unpaired) electrons. The highest BCUT2D eigenvalue weighted by atomic mass is 16.5. The third kappa shape index (κ3) is 2.90. The number of H-pyrrole nitrogens is 1. The number of aromatic amines is 1. The summed E-state index contributed by atoms with van der Waals surface area (Å²) in [6.07, 6.45) is 2.09. The molecule has 4 rings (SSSR count). The van der Waals surface area contributed by atoms with Gasteiger partial charge in [-0.05, 0) is 18.9 Å². The van der Waals surface area contributed by atoms with Gasteiger partial charge in [0.05, 0.1) is 17.6 Å². The lowest BCUT2D eigenvalue weighted by Gasteiger charge is -2.21. The minimum Gasteiger partial charge on any atom is -0.337 e. The van der Waals surface area contributed by atoms with Crippen molar-refractivity contribution in [3.63, 3.8) is 0 Å². The first-order chi connectivity index (χ1) is 12.1. The van der Waals surface area contributed by atoms with Crippen LogP contribution < -0.4 is 0 Å². The Kier molecular flexibility index (Phi) is 3.99. The Morgan fingerprint density at radius 2 is 2.24 bits per heavy atom. The lowest BCUT2D eigenvalue weighted by atomic mass is 10.1. The van der Waals surface area contributed by atoms with Crippen molar-refractivity contribution < 1.29 is 9.32 Å². The highest BCUT2D eigenvalue weighted by molar-refractivity contribution is 5.87. The maximum absolute atomic E-state index is 12.9. The molecule has 3 aromatic rings. The summed E-state index contributed by atoms with van der Waals surface area (Å²) in [4.78, 5) is 19.2. The van der Waals surface area contributed by atoms with Crippen molar-refractivity contribution in [2.24, 2.45) is 0 Å². The van der Waals surface area contributed by atoms with Crippen LogP contribution in [0.2, 0.25) is 0 Å². The number of hydrogen-bond donors (Lipinski definition) is 1. The van der Waals surface area contributed by atoms with E-state index in [4.69, 9.17) is 4.52 Å². The molecule has 1 saturated heterocycles. The van der Waals surface area contributed by atoms with Gasteiger partial charge in [0.15, 0.2) is 5.82 Å². The number of nitrogens with zero attached hydrogens (tertiary/aromatic N) is 4. The molecule has 1 aromatic carbocycles. The fraction of sp³-hybridized carbons (Fsp3) is 0.444. The van der Waals surface area contributed by atoms with Gasteiger partial charge < -0.3 is 9.42 Å². The third-order valence-electron chi connectivity index (χ3n) is 4.70. The monoisotopic (exact) mass is 339 g/mol. The van der Waals surface area contributed by atoms with Crippen LogP contribution in [0.3, 0.4) is 0 Å². The molecule has 0 bridgehead atoms. The van der Waals surface area contributed by atoms with Gasteiger partial charge in [-0.15, -0.1) is 0 Å². The summed E-state index contributed by atoms with van der Waals surface area (Å²) in [5.41, 5.74) is 1.72. The average Bonchev–Trinajstić information content (AvgIpc) is 3.34. The molecule has 1 atom stereocenters. The van der Waals surface area contributed by atoms with Crippen LogP contribution in [0.15, 0.2) is 28.8 Å². The highest BCUT2D eigenvalue weighted by Gasteiger charge is 2.34. The largest absolute Gasteiger partial charge is 0.337 e. The van der Waals surface area contributed by atoms with E-state index in [2.05, 4.69) is 20.3 Å². The molecule has 7 heteroatoms. The van der Waals surface area contributed by atoms with Crippen LogP contribution >= 0.6 is 0 Å². The van der Waals surface area contributed by atoms with Crippen molar-refractivity contribution in [3.05, 3.63) is 41.7 Å². The first-order valence-corrected chi connectivity index (χ1v) is 8.68. The predicted molar refractivity (Wildman–Crippen MR) is 91.9 cm³/mol. The Bertz CT molecular complexity index is 898. The molecule has 7 nitrogen and oxygen atoms in total. The molecule has 3 heterocycles. The second-order valence-corrected chi connectivity index (χ2v) is 6.79. The number of benzene rings is 1. The Morgan fingerprint density at radius 1 is 1.40 bits per heavy atom. The first-order valence-electron chi connectivity index (χ1n) is 8.68. The molecular weight excluding hydrogens is 318 g/mol. The summed E-state index contributed by atoms with van der Waals surface area (Å²) in [5.74, 6) is 1.50. The molecule has 0 spiro atoms. The number of aromatic nitrogens is 4. The summed E-state index contributed by atoms with van der Waals surface area (Å²) in [6.45, 7) is 4.76. The molecule has 1 aliphatic heterocycles. The van der Waals surface area contributed by atoms with E-state index >= 15 is 0 Å².